The largest absolute Gasteiger partial charge is 0.338 e. The third kappa shape index (κ3) is 4.32. The van der Waals surface area contributed by atoms with Gasteiger partial charge in [-0.15, -0.1) is 11.3 Å². The van der Waals surface area contributed by atoms with Crippen molar-refractivity contribution >= 4 is 17.2 Å². The summed E-state index contributed by atoms with van der Waals surface area (Å²) in [6.45, 7) is 5.33. The van der Waals surface area contributed by atoms with Gasteiger partial charge in [0.1, 0.15) is 0 Å². The van der Waals surface area contributed by atoms with Gasteiger partial charge in [-0.05, 0) is 30.5 Å². The molecule has 5 rings (SSSR count). The van der Waals surface area contributed by atoms with E-state index >= 15 is 0 Å². The van der Waals surface area contributed by atoms with Gasteiger partial charge >= 0.3 is 0 Å². The lowest BCUT2D eigenvalue weighted by molar-refractivity contribution is 0.0614. The standard InChI is InChI=1S/C24H23N5O2S/c1-17-19(9-10-20(25-17)18-6-3-2-4-7-18)24(30)29-13-11-28(12-14-29)16-22-26-23(27-31-22)21-8-5-15-32-21/h2-10,15H,11-14,16H2,1H3. The predicted molar refractivity (Wildman–Crippen MR) is 123 cm³/mol. The minimum atomic E-state index is 0.0343. The Morgan fingerprint density at radius 1 is 1.00 bits per heavy atom. The van der Waals surface area contributed by atoms with Crippen molar-refractivity contribution in [3.05, 3.63) is 77.1 Å². The van der Waals surface area contributed by atoms with E-state index in [2.05, 4.69) is 20.0 Å². The molecule has 3 aromatic heterocycles. The third-order valence-electron chi connectivity index (χ3n) is 5.61. The third-order valence-corrected chi connectivity index (χ3v) is 6.48. The van der Waals surface area contributed by atoms with Crippen molar-refractivity contribution in [2.75, 3.05) is 26.2 Å². The van der Waals surface area contributed by atoms with E-state index in [-0.39, 0.29) is 5.91 Å². The maximum atomic E-state index is 13.1. The second kappa shape index (κ2) is 9.02. The molecule has 32 heavy (non-hydrogen) atoms. The Kier molecular flexibility index (Phi) is 5.79. The number of aromatic nitrogens is 3. The van der Waals surface area contributed by atoms with Crippen LogP contribution in [0.3, 0.4) is 0 Å². The van der Waals surface area contributed by atoms with E-state index in [0.29, 0.717) is 36.9 Å². The Labute approximate surface area is 190 Å². The van der Waals surface area contributed by atoms with Crippen LogP contribution in [0, 0.1) is 6.92 Å². The van der Waals surface area contributed by atoms with Crippen molar-refractivity contribution < 1.29 is 9.32 Å². The predicted octanol–water partition coefficient (Wildman–Crippen LogP) is 4.13. The molecule has 1 saturated heterocycles. The molecule has 0 saturated carbocycles. The minimum Gasteiger partial charge on any atom is -0.338 e. The molecule has 0 unspecified atom stereocenters. The Balaban J connectivity index is 1.19. The first-order valence-electron chi connectivity index (χ1n) is 10.6. The van der Waals surface area contributed by atoms with E-state index in [9.17, 15) is 4.79 Å². The normalized spacial score (nSPS) is 14.6. The number of pyridine rings is 1. The van der Waals surface area contributed by atoms with E-state index in [0.717, 1.165) is 34.9 Å². The number of amides is 1. The molecule has 0 atom stereocenters. The molecule has 1 amide bonds. The van der Waals surface area contributed by atoms with Crippen LogP contribution in [0.5, 0.6) is 0 Å². The van der Waals surface area contributed by atoms with Crippen molar-refractivity contribution in [1.82, 2.24) is 24.9 Å². The van der Waals surface area contributed by atoms with Crippen LogP contribution in [-0.2, 0) is 6.54 Å². The second-order valence-electron chi connectivity index (χ2n) is 7.75. The fourth-order valence-electron chi connectivity index (χ4n) is 3.85. The topological polar surface area (TPSA) is 75.4 Å². The van der Waals surface area contributed by atoms with Crippen LogP contribution in [0.25, 0.3) is 22.0 Å². The van der Waals surface area contributed by atoms with E-state index < -0.39 is 0 Å². The summed E-state index contributed by atoms with van der Waals surface area (Å²) in [6, 6.07) is 17.8. The molecular weight excluding hydrogens is 422 g/mol. The van der Waals surface area contributed by atoms with Crippen LogP contribution < -0.4 is 0 Å². The summed E-state index contributed by atoms with van der Waals surface area (Å²) in [5.41, 5.74) is 3.35. The van der Waals surface area contributed by atoms with Crippen LogP contribution in [0.4, 0.5) is 0 Å². The Morgan fingerprint density at radius 2 is 1.81 bits per heavy atom. The monoisotopic (exact) mass is 445 g/mol. The number of carbonyl (C=O) groups excluding carboxylic acids is 1. The van der Waals surface area contributed by atoms with Gasteiger partial charge in [0.25, 0.3) is 5.91 Å². The molecule has 0 spiro atoms. The molecule has 1 aromatic carbocycles. The lowest BCUT2D eigenvalue weighted by Crippen LogP contribution is -2.48. The molecular formula is C24H23N5O2S. The lowest BCUT2D eigenvalue weighted by atomic mass is 10.1. The van der Waals surface area contributed by atoms with Gasteiger partial charge in [-0.25, -0.2) is 0 Å². The van der Waals surface area contributed by atoms with Crippen molar-refractivity contribution in [1.29, 1.82) is 0 Å². The number of benzene rings is 1. The molecule has 162 valence electrons. The van der Waals surface area contributed by atoms with Gasteiger partial charge in [-0.3, -0.25) is 14.7 Å². The van der Waals surface area contributed by atoms with Gasteiger partial charge in [0.15, 0.2) is 0 Å². The molecule has 1 aliphatic heterocycles. The first-order chi connectivity index (χ1) is 15.7. The molecule has 8 heteroatoms. The highest BCUT2D eigenvalue weighted by Gasteiger charge is 2.25. The summed E-state index contributed by atoms with van der Waals surface area (Å²) in [4.78, 5) is 27.4. The Bertz CT molecular complexity index is 1200. The first-order valence-corrected chi connectivity index (χ1v) is 11.5. The molecule has 7 nitrogen and oxygen atoms in total. The second-order valence-corrected chi connectivity index (χ2v) is 8.70. The van der Waals surface area contributed by atoms with Crippen molar-refractivity contribution in [3.63, 3.8) is 0 Å². The van der Waals surface area contributed by atoms with Crippen molar-refractivity contribution in [2.45, 2.75) is 13.5 Å². The number of aryl methyl sites for hydroxylation is 1. The summed E-state index contributed by atoms with van der Waals surface area (Å²) in [6.07, 6.45) is 0. The molecule has 0 N–H and O–H groups in total. The summed E-state index contributed by atoms with van der Waals surface area (Å²) < 4.78 is 5.41. The summed E-state index contributed by atoms with van der Waals surface area (Å²) in [5.74, 6) is 1.27. The zero-order valence-corrected chi connectivity index (χ0v) is 18.6. The molecule has 0 bridgehead atoms. The number of hydrogen-bond donors (Lipinski definition) is 0. The highest BCUT2D eigenvalue weighted by molar-refractivity contribution is 7.13. The van der Waals surface area contributed by atoms with Crippen molar-refractivity contribution in [3.8, 4) is 22.0 Å². The van der Waals surface area contributed by atoms with Gasteiger partial charge in [-0.1, -0.05) is 41.6 Å². The molecule has 1 fully saturated rings. The maximum Gasteiger partial charge on any atom is 0.255 e. The summed E-state index contributed by atoms with van der Waals surface area (Å²) in [7, 11) is 0. The fourth-order valence-corrected chi connectivity index (χ4v) is 4.50. The Hall–Kier alpha value is -3.36. The minimum absolute atomic E-state index is 0.0343. The molecule has 0 aliphatic carbocycles. The van der Waals surface area contributed by atoms with E-state index in [4.69, 9.17) is 4.52 Å². The Morgan fingerprint density at radius 3 is 2.53 bits per heavy atom. The number of hydrogen-bond acceptors (Lipinski definition) is 7. The SMILES string of the molecule is Cc1nc(-c2ccccc2)ccc1C(=O)N1CCN(Cc2nc(-c3cccs3)no2)CC1. The highest BCUT2D eigenvalue weighted by atomic mass is 32.1. The molecule has 0 radical (unpaired) electrons. The number of carbonyl (C=O) groups is 1. The average Bonchev–Trinajstić information content (AvgIpc) is 3.52. The zero-order chi connectivity index (χ0) is 21.9. The summed E-state index contributed by atoms with van der Waals surface area (Å²) in [5, 5.41) is 6.07. The molecule has 4 aromatic rings. The average molecular weight is 446 g/mol. The number of rotatable bonds is 5. The van der Waals surface area contributed by atoms with Crippen LogP contribution in [0.1, 0.15) is 21.9 Å². The summed E-state index contributed by atoms with van der Waals surface area (Å²) >= 11 is 1.59. The fraction of sp³-hybridized carbons (Fsp3) is 0.250. The molecule has 4 heterocycles. The number of nitrogens with zero attached hydrogens (tertiary/aromatic N) is 5. The smallest absolute Gasteiger partial charge is 0.255 e. The number of piperazine rings is 1. The van der Waals surface area contributed by atoms with Crippen LogP contribution in [0.15, 0.2) is 64.5 Å². The van der Waals surface area contributed by atoms with Gasteiger partial charge in [-0.2, -0.15) is 4.98 Å². The van der Waals surface area contributed by atoms with E-state index in [1.807, 2.05) is 71.8 Å². The lowest BCUT2D eigenvalue weighted by Gasteiger charge is -2.34. The van der Waals surface area contributed by atoms with Crippen molar-refractivity contribution in [2.24, 2.45) is 0 Å². The quantitative estimate of drug-likeness (QED) is 0.460. The number of thiophene rings is 1. The van der Waals surface area contributed by atoms with Gasteiger partial charge in [0, 0.05) is 31.7 Å². The first kappa shape index (κ1) is 20.5. The highest BCUT2D eigenvalue weighted by Crippen LogP contribution is 2.22. The van der Waals surface area contributed by atoms with Gasteiger partial charge in [0.05, 0.1) is 28.4 Å². The molecule has 1 aliphatic rings. The maximum absolute atomic E-state index is 13.1. The van der Waals surface area contributed by atoms with Gasteiger partial charge < -0.3 is 9.42 Å². The van der Waals surface area contributed by atoms with Crippen LogP contribution >= 0.6 is 11.3 Å². The van der Waals surface area contributed by atoms with Gasteiger partial charge in [0.2, 0.25) is 11.7 Å². The van der Waals surface area contributed by atoms with Crippen LogP contribution in [0.2, 0.25) is 0 Å². The van der Waals surface area contributed by atoms with E-state index in [1.54, 1.807) is 11.3 Å². The zero-order valence-electron chi connectivity index (χ0n) is 17.8. The van der Waals surface area contributed by atoms with E-state index in [1.165, 1.54) is 0 Å². The van der Waals surface area contributed by atoms with Crippen LogP contribution in [-0.4, -0.2) is 57.0 Å².